The summed E-state index contributed by atoms with van der Waals surface area (Å²) in [6.45, 7) is 5.60. The van der Waals surface area contributed by atoms with Crippen LogP contribution in [0.5, 0.6) is 0 Å². The van der Waals surface area contributed by atoms with Crippen LogP contribution in [0.1, 0.15) is 12.5 Å². The zero-order valence-corrected chi connectivity index (χ0v) is 16.4. The van der Waals surface area contributed by atoms with Gasteiger partial charge in [0.05, 0.1) is 18.8 Å². The van der Waals surface area contributed by atoms with Gasteiger partial charge in [-0.3, -0.25) is 9.69 Å². The summed E-state index contributed by atoms with van der Waals surface area (Å²) < 4.78 is 4.85. The minimum atomic E-state index is -0.968. The molecule has 0 atom stereocenters. The lowest BCUT2D eigenvalue weighted by Crippen LogP contribution is -2.41. The molecule has 0 fully saturated rings. The van der Waals surface area contributed by atoms with E-state index < -0.39 is 17.6 Å². The van der Waals surface area contributed by atoms with E-state index in [4.69, 9.17) is 4.74 Å². The Hall–Kier alpha value is -3.15. The quantitative estimate of drug-likeness (QED) is 0.123. The Labute approximate surface area is 168 Å². The highest BCUT2D eigenvalue weighted by molar-refractivity contribution is 7.99. The maximum absolute atomic E-state index is 13.1. The highest BCUT2D eigenvalue weighted by atomic mass is 32.2. The monoisotopic (exact) mass is 395 g/mol. The molecule has 0 bridgehead atoms. The first kappa shape index (κ1) is 21.2. The van der Waals surface area contributed by atoms with Gasteiger partial charge in [0.2, 0.25) is 0 Å². The van der Waals surface area contributed by atoms with Gasteiger partial charge in [-0.2, -0.15) is 4.79 Å². The van der Waals surface area contributed by atoms with Gasteiger partial charge in [0.1, 0.15) is 0 Å². The van der Waals surface area contributed by atoms with Crippen molar-refractivity contribution >= 4 is 35.0 Å². The smallest absolute Gasteiger partial charge is 0.457 e. The molecular weight excluding hydrogens is 374 g/mol. The number of para-hydroxylation sites is 1. The van der Waals surface area contributed by atoms with Crippen LogP contribution >= 0.6 is 11.8 Å². The summed E-state index contributed by atoms with van der Waals surface area (Å²) in [5.74, 6) is -1.05. The van der Waals surface area contributed by atoms with E-state index >= 15 is 0 Å². The second-order valence-corrected chi connectivity index (χ2v) is 6.68. The van der Waals surface area contributed by atoms with Crippen molar-refractivity contribution in [3.05, 3.63) is 78.3 Å². The van der Waals surface area contributed by atoms with Crippen molar-refractivity contribution in [3.63, 3.8) is 0 Å². The Morgan fingerprint density at radius 3 is 2.50 bits per heavy atom. The van der Waals surface area contributed by atoms with E-state index in [1.54, 1.807) is 25.1 Å². The molecular formula is C21H21N3O3S. The average Bonchev–Trinajstić information content (AvgIpc) is 2.72. The molecule has 0 aliphatic heterocycles. The molecule has 6 nitrogen and oxygen atoms in total. The Balaban J connectivity index is 2.48. The number of carbonyl (C=O) groups is 2. The fourth-order valence-corrected chi connectivity index (χ4v) is 3.28. The average molecular weight is 395 g/mol. The van der Waals surface area contributed by atoms with Crippen molar-refractivity contribution in [2.75, 3.05) is 17.3 Å². The van der Waals surface area contributed by atoms with Gasteiger partial charge in [-0.1, -0.05) is 48.5 Å². The number of rotatable bonds is 9. The van der Waals surface area contributed by atoms with Crippen molar-refractivity contribution < 1.29 is 19.1 Å². The van der Waals surface area contributed by atoms with Crippen LogP contribution < -0.4 is 4.90 Å². The molecule has 0 N–H and O–H groups in total. The summed E-state index contributed by atoms with van der Waals surface area (Å²) in [4.78, 5) is 30.4. The number of amides is 1. The van der Waals surface area contributed by atoms with Crippen LogP contribution in [0.15, 0.2) is 72.1 Å². The van der Waals surface area contributed by atoms with E-state index in [-0.39, 0.29) is 13.2 Å². The fraction of sp³-hybridized carbons (Fsp3) is 0.190. The number of hydrogen-bond donors (Lipinski definition) is 0. The number of anilines is 1. The molecule has 0 spiro atoms. The molecule has 0 aliphatic carbocycles. The molecule has 0 saturated carbocycles. The molecule has 0 saturated heterocycles. The summed E-state index contributed by atoms with van der Waals surface area (Å²) in [7, 11) is 0. The molecule has 144 valence electrons. The molecule has 1 amide bonds. The standard InChI is InChI=1S/C21H21N3O3S/c1-3-14-28-18-13-9-8-12-17(18)24(15-16-10-6-5-7-11-16)20(25)19(23-22)21(26)27-4-2/h3,5-13H,1,4,14-15H2,2H3. The number of carbonyl (C=O) groups excluding carboxylic acids is 2. The fourth-order valence-electron chi connectivity index (χ4n) is 2.48. The lowest BCUT2D eigenvalue weighted by Gasteiger charge is -2.23. The van der Waals surface area contributed by atoms with Gasteiger partial charge < -0.3 is 10.3 Å². The number of benzene rings is 2. The van der Waals surface area contributed by atoms with Gasteiger partial charge in [0.25, 0.3) is 0 Å². The molecule has 2 rings (SSSR count). The topological polar surface area (TPSA) is 83.0 Å². The van der Waals surface area contributed by atoms with Gasteiger partial charge in [0, 0.05) is 10.6 Å². The minimum Gasteiger partial charge on any atom is -0.457 e. The third kappa shape index (κ3) is 5.42. The lowest BCUT2D eigenvalue weighted by atomic mass is 10.1. The molecule has 0 radical (unpaired) electrons. The van der Waals surface area contributed by atoms with Crippen molar-refractivity contribution in [2.45, 2.75) is 18.4 Å². The van der Waals surface area contributed by atoms with Gasteiger partial charge >= 0.3 is 17.6 Å². The molecule has 7 heteroatoms. The van der Waals surface area contributed by atoms with E-state index in [1.807, 2.05) is 42.5 Å². The number of thioether (sulfide) groups is 1. The van der Waals surface area contributed by atoms with E-state index in [0.29, 0.717) is 11.4 Å². The second-order valence-electron chi connectivity index (χ2n) is 5.61. The van der Waals surface area contributed by atoms with Gasteiger partial charge in [-0.15, -0.1) is 18.3 Å². The first-order valence-corrected chi connectivity index (χ1v) is 9.68. The van der Waals surface area contributed by atoms with Crippen LogP contribution in [-0.4, -0.2) is 34.7 Å². The zero-order valence-electron chi connectivity index (χ0n) is 15.6. The Morgan fingerprint density at radius 1 is 1.18 bits per heavy atom. The highest BCUT2D eigenvalue weighted by Gasteiger charge is 2.36. The molecule has 2 aromatic carbocycles. The van der Waals surface area contributed by atoms with Crippen LogP contribution in [0.4, 0.5) is 5.69 Å². The summed E-state index contributed by atoms with van der Waals surface area (Å²) in [6, 6.07) is 16.7. The van der Waals surface area contributed by atoms with Gasteiger partial charge in [-0.25, -0.2) is 4.79 Å². The summed E-state index contributed by atoms with van der Waals surface area (Å²) in [5, 5.41) is 0. The van der Waals surface area contributed by atoms with Crippen molar-refractivity contribution in [3.8, 4) is 0 Å². The predicted molar refractivity (Wildman–Crippen MR) is 110 cm³/mol. The van der Waals surface area contributed by atoms with Crippen LogP contribution in [-0.2, 0) is 20.9 Å². The minimum absolute atomic E-state index is 0.0651. The Bertz CT molecular complexity index is 893. The van der Waals surface area contributed by atoms with Crippen molar-refractivity contribution in [2.24, 2.45) is 0 Å². The SMILES string of the molecule is C=CCSc1ccccc1N(Cc1ccccc1)C(=O)C(=[N+]=[N-])C(=O)OCC. The zero-order chi connectivity index (χ0) is 20.4. The van der Waals surface area contributed by atoms with E-state index in [9.17, 15) is 15.1 Å². The maximum Gasteiger partial charge on any atom is 0.463 e. The van der Waals surface area contributed by atoms with E-state index in [0.717, 1.165) is 10.5 Å². The molecule has 28 heavy (non-hydrogen) atoms. The number of esters is 1. The lowest BCUT2D eigenvalue weighted by molar-refractivity contribution is -0.141. The van der Waals surface area contributed by atoms with Crippen molar-refractivity contribution in [1.82, 2.24) is 0 Å². The van der Waals surface area contributed by atoms with Crippen LogP contribution in [0.3, 0.4) is 0 Å². The third-order valence-electron chi connectivity index (χ3n) is 3.71. The maximum atomic E-state index is 13.1. The molecule has 2 aromatic rings. The second kappa shape index (κ2) is 10.9. The predicted octanol–water partition coefficient (Wildman–Crippen LogP) is 3.73. The number of nitrogens with zero attached hydrogens (tertiary/aromatic N) is 3. The van der Waals surface area contributed by atoms with Gasteiger partial charge in [-0.05, 0) is 24.6 Å². The van der Waals surface area contributed by atoms with Crippen LogP contribution in [0.2, 0.25) is 0 Å². The molecule has 0 aromatic heterocycles. The van der Waals surface area contributed by atoms with E-state index in [2.05, 4.69) is 11.4 Å². The van der Waals surface area contributed by atoms with Crippen molar-refractivity contribution in [1.29, 1.82) is 0 Å². The Kier molecular flexibility index (Phi) is 8.21. The largest absolute Gasteiger partial charge is 0.463 e. The summed E-state index contributed by atoms with van der Waals surface area (Å²) in [6.07, 6.45) is 1.77. The molecule has 0 unspecified atom stereocenters. The first-order valence-electron chi connectivity index (χ1n) is 8.70. The normalized spacial score (nSPS) is 9.89. The first-order chi connectivity index (χ1) is 13.6. The molecule has 0 aliphatic rings. The van der Waals surface area contributed by atoms with Crippen LogP contribution in [0, 0.1) is 0 Å². The number of ether oxygens (including phenoxy) is 1. The highest BCUT2D eigenvalue weighted by Crippen LogP contribution is 2.31. The Morgan fingerprint density at radius 2 is 1.86 bits per heavy atom. The van der Waals surface area contributed by atoms with Gasteiger partial charge in [0.15, 0.2) is 0 Å². The third-order valence-corrected chi connectivity index (χ3v) is 4.77. The molecule has 0 heterocycles. The van der Waals surface area contributed by atoms with Crippen LogP contribution in [0.25, 0.3) is 5.53 Å². The number of hydrogen-bond acceptors (Lipinski definition) is 4. The van der Waals surface area contributed by atoms with E-state index in [1.165, 1.54) is 16.7 Å². The summed E-state index contributed by atoms with van der Waals surface area (Å²) >= 11 is 1.51. The summed E-state index contributed by atoms with van der Waals surface area (Å²) in [5.41, 5.74) is 10.1.